The number of nitrogens with one attached hydrogen (secondary N) is 1. The molecule has 25 heavy (non-hydrogen) atoms. The summed E-state index contributed by atoms with van der Waals surface area (Å²) in [5.74, 6) is -0.118. The van der Waals surface area contributed by atoms with Gasteiger partial charge in [0.2, 0.25) is 0 Å². The average Bonchev–Trinajstić information content (AvgIpc) is 2.98. The highest BCUT2D eigenvalue weighted by atomic mass is 35.5. The van der Waals surface area contributed by atoms with Gasteiger partial charge in [0, 0.05) is 29.4 Å². The maximum Gasteiger partial charge on any atom is 0.164 e. The zero-order chi connectivity index (χ0) is 17.6. The topological polar surface area (TPSA) is 106 Å². The molecule has 130 valence electrons. The van der Waals surface area contributed by atoms with E-state index in [-0.39, 0.29) is 11.7 Å². The number of hydrogen-bond acceptors (Lipinski definition) is 5. The lowest BCUT2D eigenvalue weighted by Gasteiger charge is -2.36. The Bertz CT molecular complexity index is 942. The second kappa shape index (κ2) is 6.01. The Labute approximate surface area is 148 Å². The summed E-state index contributed by atoms with van der Waals surface area (Å²) in [6.07, 6.45) is 7.36. The molecule has 1 aliphatic rings. The molecule has 3 heterocycles. The van der Waals surface area contributed by atoms with Gasteiger partial charge in [0.1, 0.15) is 11.3 Å². The molecule has 6 nitrogen and oxygen atoms in total. The van der Waals surface area contributed by atoms with Crippen molar-refractivity contribution in [1.82, 2.24) is 19.9 Å². The van der Waals surface area contributed by atoms with E-state index in [4.69, 9.17) is 23.1 Å². The van der Waals surface area contributed by atoms with Crippen molar-refractivity contribution in [2.45, 2.75) is 37.3 Å². The van der Waals surface area contributed by atoms with Gasteiger partial charge in [-0.05, 0) is 31.7 Å². The highest BCUT2D eigenvalue weighted by molar-refractivity contribution is 6.31. The largest absolute Gasteiger partial charge is 0.345 e. The molecule has 0 saturated heterocycles. The van der Waals surface area contributed by atoms with E-state index in [2.05, 4.69) is 19.9 Å². The maximum absolute atomic E-state index is 14.5. The van der Waals surface area contributed by atoms with Crippen LogP contribution in [0.2, 0.25) is 5.02 Å². The van der Waals surface area contributed by atoms with Crippen LogP contribution in [-0.4, -0.2) is 26.0 Å². The Morgan fingerprint density at radius 1 is 1.32 bits per heavy atom. The molecule has 4 rings (SSSR count). The standard InChI is InChI=1S/C17H18ClFN6/c18-9-4-11-12(7-23-15(11)22-6-9)16-24-8-13(19)14(25-16)17(21)3-1-2-10(20)5-17/h4,6-8,10H,1-3,5,20-21H2,(H,22,23). The minimum atomic E-state index is -0.874. The molecule has 1 fully saturated rings. The Morgan fingerprint density at radius 3 is 2.96 bits per heavy atom. The monoisotopic (exact) mass is 360 g/mol. The van der Waals surface area contributed by atoms with Crippen molar-refractivity contribution in [3.8, 4) is 11.4 Å². The lowest BCUT2D eigenvalue weighted by atomic mass is 9.77. The molecule has 3 aromatic heterocycles. The van der Waals surface area contributed by atoms with E-state index in [0.717, 1.165) is 18.2 Å². The number of pyridine rings is 1. The van der Waals surface area contributed by atoms with Crippen molar-refractivity contribution in [2.75, 3.05) is 0 Å². The van der Waals surface area contributed by atoms with Gasteiger partial charge in [0.25, 0.3) is 0 Å². The van der Waals surface area contributed by atoms with Crippen molar-refractivity contribution in [1.29, 1.82) is 0 Å². The van der Waals surface area contributed by atoms with Crippen molar-refractivity contribution < 1.29 is 4.39 Å². The molecule has 1 saturated carbocycles. The van der Waals surface area contributed by atoms with E-state index in [0.29, 0.717) is 34.9 Å². The number of rotatable bonds is 2. The number of aromatic amines is 1. The third-order valence-corrected chi connectivity index (χ3v) is 4.99. The highest BCUT2D eigenvalue weighted by Gasteiger charge is 2.37. The van der Waals surface area contributed by atoms with E-state index in [1.165, 1.54) is 6.20 Å². The van der Waals surface area contributed by atoms with Crippen LogP contribution in [0.1, 0.15) is 31.4 Å². The lowest BCUT2D eigenvalue weighted by molar-refractivity contribution is 0.258. The van der Waals surface area contributed by atoms with Crippen molar-refractivity contribution in [2.24, 2.45) is 11.5 Å². The molecule has 2 atom stereocenters. The first kappa shape index (κ1) is 16.4. The number of H-pyrrole nitrogens is 1. The van der Waals surface area contributed by atoms with Gasteiger partial charge in [-0.3, -0.25) is 0 Å². The zero-order valence-electron chi connectivity index (χ0n) is 13.5. The lowest BCUT2D eigenvalue weighted by Crippen LogP contribution is -2.47. The summed E-state index contributed by atoms with van der Waals surface area (Å²) in [6.45, 7) is 0. The van der Waals surface area contributed by atoms with E-state index in [1.54, 1.807) is 18.5 Å². The van der Waals surface area contributed by atoms with Crippen molar-refractivity contribution >= 4 is 22.6 Å². The van der Waals surface area contributed by atoms with Gasteiger partial charge in [-0.25, -0.2) is 19.3 Å². The molecule has 0 spiro atoms. The molecule has 0 aromatic carbocycles. The van der Waals surface area contributed by atoms with Crippen LogP contribution in [-0.2, 0) is 5.54 Å². The molecular weight excluding hydrogens is 343 g/mol. The molecule has 2 unspecified atom stereocenters. The summed E-state index contributed by atoms with van der Waals surface area (Å²) in [5, 5.41) is 1.28. The van der Waals surface area contributed by atoms with E-state index in [9.17, 15) is 4.39 Å². The van der Waals surface area contributed by atoms with Gasteiger partial charge in [-0.15, -0.1) is 0 Å². The fourth-order valence-electron chi connectivity index (χ4n) is 3.58. The highest BCUT2D eigenvalue weighted by Crippen LogP contribution is 2.36. The van der Waals surface area contributed by atoms with Gasteiger partial charge >= 0.3 is 0 Å². The SMILES string of the molecule is NC1CCCC(N)(c2nc(-c3c[nH]c4ncc(Cl)cc34)ncc2F)C1. The second-order valence-corrected chi connectivity index (χ2v) is 7.09. The minimum absolute atomic E-state index is 0.0485. The number of nitrogens with two attached hydrogens (primary N) is 2. The van der Waals surface area contributed by atoms with Crippen molar-refractivity contribution in [3.05, 3.63) is 41.2 Å². The number of aromatic nitrogens is 4. The Kier molecular flexibility index (Phi) is 3.94. The number of halogens is 2. The van der Waals surface area contributed by atoms with Crippen LogP contribution in [0, 0.1) is 5.82 Å². The van der Waals surface area contributed by atoms with Gasteiger partial charge in [0.05, 0.1) is 16.8 Å². The van der Waals surface area contributed by atoms with E-state index in [1.807, 2.05) is 0 Å². The molecule has 1 aliphatic carbocycles. The first-order valence-corrected chi connectivity index (χ1v) is 8.54. The van der Waals surface area contributed by atoms with Crippen LogP contribution >= 0.6 is 11.6 Å². The maximum atomic E-state index is 14.5. The minimum Gasteiger partial charge on any atom is -0.345 e. The first-order valence-electron chi connectivity index (χ1n) is 8.17. The van der Waals surface area contributed by atoms with Crippen LogP contribution in [0.5, 0.6) is 0 Å². The Morgan fingerprint density at radius 2 is 2.16 bits per heavy atom. The first-order chi connectivity index (χ1) is 12.0. The van der Waals surface area contributed by atoms with Crippen LogP contribution in [0.25, 0.3) is 22.4 Å². The van der Waals surface area contributed by atoms with Gasteiger partial charge in [-0.2, -0.15) is 0 Å². The zero-order valence-corrected chi connectivity index (χ0v) is 14.2. The summed E-state index contributed by atoms with van der Waals surface area (Å²) >= 11 is 6.04. The van der Waals surface area contributed by atoms with Crippen LogP contribution in [0.4, 0.5) is 4.39 Å². The second-order valence-electron chi connectivity index (χ2n) is 6.65. The summed E-state index contributed by atoms with van der Waals surface area (Å²) < 4.78 is 14.5. The Balaban J connectivity index is 1.83. The molecule has 0 radical (unpaired) electrons. The smallest absolute Gasteiger partial charge is 0.164 e. The normalized spacial score (nSPS) is 23.9. The molecule has 3 aromatic rings. The molecule has 5 N–H and O–H groups in total. The average molecular weight is 361 g/mol. The third kappa shape index (κ3) is 2.88. The summed E-state index contributed by atoms with van der Waals surface area (Å²) in [5.41, 5.74) is 13.2. The van der Waals surface area contributed by atoms with Gasteiger partial charge < -0.3 is 16.5 Å². The molecule has 8 heteroatoms. The number of hydrogen-bond donors (Lipinski definition) is 3. The van der Waals surface area contributed by atoms with Crippen molar-refractivity contribution in [3.63, 3.8) is 0 Å². The summed E-state index contributed by atoms with van der Waals surface area (Å²) in [7, 11) is 0. The number of nitrogens with zero attached hydrogens (tertiary/aromatic N) is 3. The molecular formula is C17H18ClFN6. The molecule has 0 amide bonds. The quantitative estimate of drug-likeness (QED) is 0.651. The van der Waals surface area contributed by atoms with Crippen LogP contribution in [0.15, 0.2) is 24.7 Å². The molecule has 0 bridgehead atoms. The molecule has 0 aliphatic heterocycles. The van der Waals surface area contributed by atoms with Gasteiger partial charge in [-0.1, -0.05) is 11.6 Å². The fourth-order valence-corrected chi connectivity index (χ4v) is 3.73. The van der Waals surface area contributed by atoms with Gasteiger partial charge in [0.15, 0.2) is 11.6 Å². The van der Waals surface area contributed by atoms with E-state index < -0.39 is 11.4 Å². The fraction of sp³-hybridized carbons (Fsp3) is 0.353. The third-order valence-electron chi connectivity index (χ3n) is 4.78. The Hall–Kier alpha value is -2.09. The predicted molar refractivity (Wildman–Crippen MR) is 94.4 cm³/mol. The number of fused-ring (bicyclic) bond motifs is 1. The predicted octanol–water partition coefficient (Wildman–Crippen LogP) is 2.87. The van der Waals surface area contributed by atoms with E-state index >= 15 is 0 Å². The van der Waals surface area contributed by atoms with Crippen LogP contribution < -0.4 is 11.5 Å². The van der Waals surface area contributed by atoms with Crippen LogP contribution in [0.3, 0.4) is 0 Å². The summed E-state index contributed by atoms with van der Waals surface area (Å²) in [4.78, 5) is 15.9. The summed E-state index contributed by atoms with van der Waals surface area (Å²) in [6, 6.07) is 1.73.